The summed E-state index contributed by atoms with van der Waals surface area (Å²) in [6, 6.07) is 6.68. The second-order valence-electron chi connectivity index (χ2n) is 5.30. The Labute approximate surface area is 117 Å². The number of halogens is 1. The third-order valence-corrected chi connectivity index (χ3v) is 3.92. The number of fused-ring (bicyclic) bond motifs is 1. The van der Waals surface area contributed by atoms with Gasteiger partial charge in [0.25, 0.3) is 0 Å². The predicted octanol–water partition coefficient (Wildman–Crippen LogP) is 1.55. The fraction of sp³-hybridized carbons (Fsp3) is 0.400. The lowest BCUT2D eigenvalue weighted by Crippen LogP contribution is -2.48. The molecular weight excluding hydrogens is 257 g/mol. The van der Waals surface area contributed by atoms with Crippen molar-refractivity contribution in [3.63, 3.8) is 0 Å². The first-order valence-corrected chi connectivity index (χ1v) is 6.85. The van der Waals surface area contributed by atoms with E-state index in [1.54, 1.807) is 18.3 Å². The number of nitrogens with zero attached hydrogens (tertiary/aromatic N) is 3. The standard InChI is InChI=1S/C15H18FN3O/c1-17-7-9-18(10-8-17)15(20)11-19-6-5-12-13(16)3-2-4-14(12)19/h2-6H,7-11H2,1H3. The molecule has 1 aliphatic rings. The maximum atomic E-state index is 13.6. The molecule has 1 aliphatic heterocycles. The summed E-state index contributed by atoms with van der Waals surface area (Å²) in [6.45, 7) is 3.63. The molecule has 1 amide bonds. The molecule has 2 heterocycles. The molecule has 0 bridgehead atoms. The molecular formula is C15H18FN3O. The third-order valence-electron chi connectivity index (χ3n) is 3.92. The number of aromatic nitrogens is 1. The molecule has 4 nitrogen and oxygen atoms in total. The van der Waals surface area contributed by atoms with Gasteiger partial charge in [-0.2, -0.15) is 0 Å². The molecule has 3 rings (SSSR count). The van der Waals surface area contributed by atoms with Gasteiger partial charge in [0.2, 0.25) is 5.91 Å². The van der Waals surface area contributed by atoms with Gasteiger partial charge in [-0.3, -0.25) is 4.79 Å². The van der Waals surface area contributed by atoms with Gasteiger partial charge in [-0.1, -0.05) is 6.07 Å². The van der Waals surface area contributed by atoms with Crippen LogP contribution in [-0.4, -0.2) is 53.5 Å². The van der Waals surface area contributed by atoms with Crippen molar-refractivity contribution in [2.75, 3.05) is 33.2 Å². The highest BCUT2D eigenvalue weighted by Gasteiger charge is 2.19. The average molecular weight is 275 g/mol. The minimum absolute atomic E-state index is 0.0971. The third kappa shape index (κ3) is 2.41. The number of carbonyl (C=O) groups is 1. The molecule has 1 aromatic carbocycles. The smallest absolute Gasteiger partial charge is 0.242 e. The Morgan fingerprint density at radius 2 is 1.95 bits per heavy atom. The Morgan fingerprint density at radius 1 is 1.20 bits per heavy atom. The highest BCUT2D eigenvalue weighted by molar-refractivity contribution is 5.83. The molecule has 0 atom stereocenters. The van der Waals surface area contributed by atoms with Gasteiger partial charge in [0.05, 0.1) is 5.52 Å². The van der Waals surface area contributed by atoms with E-state index in [4.69, 9.17) is 0 Å². The molecule has 0 saturated carbocycles. The second kappa shape index (κ2) is 5.25. The number of benzene rings is 1. The molecule has 0 spiro atoms. The van der Waals surface area contributed by atoms with E-state index in [0.29, 0.717) is 5.39 Å². The van der Waals surface area contributed by atoms with Crippen LogP contribution in [0.1, 0.15) is 0 Å². The second-order valence-corrected chi connectivity index (χ2v) is 5.30. The van der Waals surface area contributed by atoms with E-state index in [2.05, 4.69) is 11.9 Å². The van der Waals surface area contributed by atoms with E-state index in [0.717, 1.165) is 31.7 Å². The summed E-state index contributed by atoms with van der Waals surface area (Å²) in [6.07, 6.45) is 1.78. The maximum Gasteiger partial charge on any atom is 0.242 e. The van der Waals surface area contributed by atoms with Crippen LogP contribution in [0, 0.1) is 5.82 Å². The topological polar surface area (TPSA) is 28.5 Å². The number of likely N-dealkylation sites (N-methyl/N-ethyl adjacent to an activating group) is 1. The van der Waals surface area contributed by atoms with E-state index >= 15 is 0 Å². The van der Waals surface area contributed by atoms with Gasteiger partial charge in [0, 0.05) is 37.8 Å². The summed E-state index contributed by atoms with van der Waals surface area (Å²) < 4.78 is 15.4. The molecule has 0 unspecified atom stereocenters. The highest BCUT2D eigenvalue weighted by atomic mass is 19.1. The quantitative estimate of drug-likeness (QED) is 0.832. The van der Waals surface area contributed by atoms with Crippen molar-refractivity contribution in [1.29, 1.82) is 0 Å². The van der Waals surface area contributed by atoms with Gasteiger partial charge in [0.1, 0.15) is 12.4 Å². The number of amides is 1. The number of hydrogen-bond donors (Lipinski definition) is 0. The van der Waals surface area contributed by atoms with E-state index < -0.39 is 0 Å². The summed E-state index contributed by atoms with van der Waals surface area (Å²) in [7, 11) is 2.06. The Hall–Kier alpha value is -1.88. The van der Waals surface area contributed by atoms with Crippen molar-refractivity contribution in [1.82, 2.24) is 14.4 Å². The number of hydrogen-bond acceptors (Lipinski definition) is 2. The van der Waals surface area contributed by atoms with E-state index in [1.165, 1.54) is 6.07 Å². The zero-order valence-corrected chi connectivity index (χ0v) is 11.6. The molecule has 1 aromatic heterocycles. The minimum atomic E-state index is -0.242. The van der Waals surface area contributed by atoms with Gasteiger partial charge >= 0.3 is 0 Å². The van der Waals surface area contributed by atoms with Gasteiger partial charge in [-0.25, -0.2) is 4.39 Å². The fourth-order valence-electron chi connectivity index (χ4n) is 2.63. The lowest BCUT2D eigenvalue weighted by atomic mass is 10.2. The Balaban J connectivity index is 1.76. The first-order chi connectivity index (χ1) is 9.65. The Bertz CT molecular complexity index is 629. The van der Waals surface area contributed by atoms with Crippen molar-refractivity contribution in [3.8, 4) is 0 Å². The van der Waals surface area contributed by atoms with Gasteiger partial charge < -0.3 is 14.4 Å². The fourth-order valence-corrected chi connectivity index (χ4v) is 2.63. The first kappa shape index (κ1) is 13.1. The largest absolute Gasteiger partial charge is 0.339 e. The molecule has 106 valence electrons. The van der Waals surface area contributed by atoms with Crippen LogP contribution in [-0.2, 0) is 11.3 Å². The summed E-state index contributed by atoms with van der Waals surface area (Å²) in [5.74, 6) is -0.145. The summed E-state index contributed by atoms with van der Waals surface area (Å²) in [5.41, 5.74) is 0.771. The van der Waals surface area contributed by atoms with Crippen molar-refractivity contribution in [3.05, 3.63) is 36.3 Å². The van der Waals surface area contributed by atoms with Crippen LogP contribution in [0.5, 0.6) is 0 Å². The Kier molecular flexibility index (Phi) is 3.44. The molecule has 0 radical (unpaired) electrons. The SMILES string of the molecule is CN1CCN(C(=O)Cn2ccc3c(F)cccc32)CC1. The Morgan fingerprint density at radius 3 is 2.70 bits per heavy atom. The van der Waals surface area contributed by atoms with E-state index in [9.17, 15) is 9.18 Å². The van der Waals surface area contributed by atoms with Crippen LogP contribution in [0.25, 0.3) is 10.9 Å². The van der Waals surface area contributed by atoms with Crippen molar-refractivity contribution in [2.45, 2.75) is 6.54 Å². The molecule has 0 aliphatic carbocycles. The average Bonchev–Trinajstić information content (AvgIpc) is 2.84. The van der Waals surface area contributed by atoms with Crippen LogP contribution in [0.3, 0.4) is 0 Å². The number of piperazine rings is 1. The van der Waals surface area contributed by atoms with Gasteiger partial charge in [-0.15, -0.1) is 0 Å². The van der Waals surface area contributed by atoms with Gasteiger partial charge in [0.15, 0.2) is 0 Å². The van der Waals surface area contributed by atoms with E-state index in [1.807, 2.05) is 15.5 Å². The zero-order valence-electron chi connectivity index (χ0n) is 11.6. The normalized spacial score (nSPS) is 16.8. The molecule has 1 saturated heterocycles. The van der Waals surface area contributed by atoms with Crippen molar-refractivity contribution in [2.24, 2.45) is 0 Å². The van der Waals surface area contributed by atoms with Gasteiger partial charge in [-0.05, 0) is 25.2 Å². The van der Waals surface area contributed by atoms with Crippen molar-refractivity contribution < 1.29 is 9.18 Å². The van der Waals surface area contributed by atoms with Crippen LogP contribution >= 0.6 is 0 Å². The summed E-state index contributed by atoms with van der Waals surface area (Å²) >= 11 is 0. The van der Waals surface area contributed by atoms with E-state index in [-0.39, 0.29) is 18.3 Å². The van der Waals surface area contributed by atoms with Crippen LogP contribution in [0.4, 0.5) is 4.39 Å². The highest BCUT2D eigenvalue weighted by Crippen LogP contribution is 2.19. The predicted molar refractivity (Wildman–Crippen MR) is 76.0 cm³/mol. The molecule has 1 fully saturated rings. The zero-order chi connectivity index (χ0) is 14.1. The lowest BCUT2D eigenvalue weighted by molar-refractivity contribution is -0.133. The number of carbonyl (C=O) groups excluding carboxylic acids is 1. The molecule has 0 N–H and O–H groups in total. The van der Waals surface area contributed by atoms with Crippen LogP contribution in [0.2, 0.25) is 0 Å². The monoisotopic (exact) mass is 275 g/mol. The van der Waals surface area contributed by atoms with Crippen LogP contribution in [0.15, 0.2) is 30.5 Å². The molecule has 5 heteroatoms. The van der Waals surface area contributed by atoms with Crippen LogP contribution < -0.4 is 0 Å². The summed E-state index contributed by atoms with van der Waals surface area (Å²) in [4.78, 5) is 16.4. The first-order valence-electron chi connectivity index (χ1n) is 6.85. The lowest BCUT2D eigenvalue weighted by Gasteiger charge is -2.32. The van der Waals surface area contributed by atoms with Crippen molar-refractivity contribution >= 4 is 16.8 Å². The minimum Gasteiger partial charge on any atom is -0.339 e. The maximum absolute atomic E-state index is 13.6. The molecule has 20 heavy (non-hydrogen) atoms. The number of rotatable bonds is 2. The molecule has 2 aromatic rings. The summed E-state index contributed by atoms with van der Waals surface area (Å²) in [5, 5.41) is 0.568.